The highest BCUT2D eigenvalue weighted by Crippen LogP contribution is 2.28. The van der Waals surface area contributed by atoms with Crippen molar-refractivity contribution in [1.82, 2.24) is 4.98 Å². The van der Waals surface area contributed by atoms with Crippen molar-refractivity contribution in [3.8, 4) is 5.75 Å². The molecule has 0 bridgehead atoms. The topological polar surface area (TPSA) is 80.3 Å². The number of aromatic nitrogens is 1. The molecule has 0 aliphatic rings. The van der Waals surface area contributed by atoms with Crippen LogP contribution in [0.2, 0.25) is 0 Å². The van der Waals surface area contributed by atoms with Gasteiger partial charge in [-0.15, -0.1) is 0 Å². The van der Waals surface area contributed by atoms with Crippen molar-refractivity contribution in [2.24, 2.45) is 0 Å². The minimum absolute atomic E-state index is 0.0860. The Morgan fingerprint density at radius 3 is 2.73 bits per heavy atom. The Balaban J connectivity index is 1.65. The molecule has 1 heterocycles. The molecule has 0 aliphatic heterocycles. The van der Waals surface area contributed by atoms with Crippen LogP contribution in [0.1, 0.15) is 18.1 Å². The van der Waals surface area contributed by atoms with Gasteiger partial charge in [-0.2, -0.15) is 0 Å². The largest absolute Gasteiger partial charge is 0.483 e. The predicted molar refractivity (Wildman–Crippen MR) is 104 cm³/mol. The van der Waals surface area contributed by atoms with Crippen LogP contribution in [-0.2, 0) is 9.59 Å². The highest BCUT2D eigenvalue weighted by Gasteiger charge is 2.10. The molecule has 3 aromatic rings. The van der Waals surface area contributed by atoms with Gasteiger partial charge in [-0.1, -0.05) is 23.5 Å². The quantitative estimate of drug-likeness (QED) is 0.715. The van der Waals surface area contributed by atoms with E-state index in [0.29, 0.717) is 16.6 Å². The number of carbonyl (C=O) groups is 2. The van der Waals surface area contributed by atoms with Gasteiger partial charge in [0.1, 0.15) is 5.75 Å². The molecule has 2 aromatic carbocycles. The van der Waals surface area contributed by atoms with Gasteiger partial charge in [0, 0.05) is 12.6 Å². The number of hydrogen-bond donors (Lipinski definition) is 2. The first kappa shape index (κ1) is 17.9. The summed E-state index contributed by atoms with van der Waals surface area (Å²) in [6.45, 7) is 5.33. The summed E-state index contributed by atoms with van der Waals surface area (Å²) in [7, 11) is 0. The van der Waals surface area contributed by atoms with E-state index in [1.165, 1.54) is 18.3 Å². The van der Waals surface area contributed by atoms with Gasteiger partial charge in [-0.25, -0.2) is 4.98 Å². The average molecular weight is 369 g/mol. The van der Waals surface area contributed by atoms with Crippen molar-refractivity contribution in [3.05, 3.63) is 47.5 Å². The number of amides is 2. The van der Waals surface area contributed by atoms with Gasteiger partial charge in [-0.3, -0.25) is 14.9 Å². The molecule has 0 spiro atoms. The summed E-state index contributed by atoms with van der Waals surface area (Å²) in [5, 5.41) is 5.97. The molecule has 1 aromatic heterocycles. The summed E-state index contributed by atoms with van der Waals surface area (Å²) in [6.07, 6.45) is 0. The fourth-order valence-electron chi connectivity index (χ4n) is 2.44. The number of nitrogens with zero attached hydrogens (tertiary/aromatic N) is 1. The summed E-state index contributed by atoms with van der Waals surface area (Å²) in [4.78, 5) is 27.7. The normalized spacial score (nSPS) is 10.6. The number of fused-ring (bicyclic) bond motifs is 1. The van der Waals surface area contributed by atoms with Crippen LogP contribution in [0.25, 0.3) is 10.2 Å². The second-order valence-electron chi connectivity index (χ2n) is 5.92. The molecule has 26 heavy (non-hydrogen) atoms. The molecular weight excluding hydrogens is 350 g/mol. The molecule has 134 valence electrons. The number of rotatable bonds is 5. The second-order valence-corrected chi connectivity index (χ2v) is 6.95. The minimum Gasteiger partial charge on any atom is -0.483 e. The van der Waals surface area contributed by atoms with E-state index in [0.717, 1.165) is 21.3 Å². The van der Waals surface area contributed by atoms with Crippen LogP contribution in [0.15, 0.2) is 36.4 Å². The van der Waals surface area contributed by atoms with Crippen LogP contribution in [0, 0.1) is 13.8 Å². The SMILES string of the molecule is CC(=O)Nc1ccc2nc(NC(=O)COc3cccc(C)c3C)sc2c1. The number of benzene rings is 2. The Kier molecular flexibility index (Phi) is 5.18. The summed E-state index contributed by atoms with van der Waals surface area (Å²) < 4.78 is 6.48. The molecule has 3 rings (SSSR count). The van der Waals surface area contributed by atoms with Crippen molar-refractivity contribution in [1.29, 1.82) is 0 Å². The van der Waals surface area contributed by atoms with Crippen molar-refractivity contribution in [3.63, 3.8) is 0 Å². The lowest BCUT2D eigenvalue weighted by Crippen LogP contribution is -2.20. The van der Waals surface area contributed by atoms with Crippen molar-refractivity contribution >= 4 is 44.2 Å². The molecule has 0 fully saturated rings. The summed E-state index contributed by atoms with van der Waals surface area (Å²) in [5.41, 5.74) is 3.59. The average Bonchev–Trinajstić information content (AvgIpc) is 2.97. The molecule has 0 unspecified atom stereocenters. The minimum atomic E-state index is -0.271. The van der Waals surface area contributed by atoms with Crippen LogP contribution in [0.4, 0.5) is 10.8 Å². The van der Waals surface area contributed by atoms with Gasteiger partial charge in [0.05, 0.1) is 10.2 Å². The Hall–Kier alpha value is -2.93. The van der Waals surface area contributed by atoms with Crippen LogP contribution in [0.3, 0.4) is 0 Å². The lowest BCUT2D eigenvalue weighted by atomic mass is 10.1. The number of ether oxygens (including phenoxy) is 1. The third kappa shape index (κ3) is 4.18. The number of hydrogen-bond acceptors (Lipinski definition) is 5. The van der Waals surface area contributed by atoms with Crippen LogP contribution in [-0.4, -0.2) is 23.4 Å². The highest BCUT2D eigenvalue weighted by atomic mass is 32.1. The van der Waals surface area contributed by atoms with Crippen LogP contribution >= 0.6 is 11.3 Å². The van der Waals surface area contributed by atoms with Crippen LogP contribution in [0.5, 0.6) is 5.75 Å². The predicted octanol–water partition coefficient (Wildman–Crippen LogP) is 3.89. The molecular formula is C19H19N3O3S. The first-order valence-electron chi connectivity index (χ1n) is 8.09. The lowest BCUT2D eigenvalue weighted by molar-refractivity contribution is -0.118. The van der Waals surface area contributed by atoms with E-state index in [1.807, 2.05) is 38.1 Å². The molecule has 2 N–H and O–H groups in total. The van der Waals surface area contributed by atoms with E-state index in [-0.39, 0.29) is 18.4 Å². The maximum atomic E-state index is 12.1. The van der Waals surface area contributed by atoms with E-state index in [9.17, 15) is 9.59 Å². The Morgan fingerprint density at radius 1 is 1.15 bits per heavy atom. The smallest absolute Gasteiger partial charge is 0.264 e. The van der Waals surface area contributed by atoms with Crippen molar-refractivity contribution < 1.29 is 14.3 Å². The maximum absolute atomic E-state index is 12.1. The second kappa shape index (κ2) is 7.53. The number of nitrogens with one attached hydrogen (secondary N) is 2. The summed E-state index contributed by atoms with van der Waals surface area (Å²) in [6, 6.07) is 11.2. The molecule has 0 saturated carbocycles. The maximum Gasteiger partial charge on any atom is 0.264 e. The zero-order valence-electron chi connectivity index (χ0n) is 14.8. The van der Waals surface area contributed by atoms with E-state index >= 15 is 0 Å². The van der Waals surface area contributed by atoms with Crippen molar-refractivity contribution in [2.75, 3.05) is 17.2 Å². The fourth-order valence-corrected chi connectivity index (χ4v) is 3.36. The van der Waals surface area contributed by atoms with E-state index in [2.05, 4.69) is 15.6 Å². The molecule has 2 amide bonds. The van der Waals surface area contributed by atoms with Gasteiger partial charge in [-0.05, 0) is 49.2 Å². The van der Waals surface area contributed by atoms with E-state index in [1.54, 1.807) is 12.1 Å². The fraction of sp³-hybridized carbons (Fsp3) is 0.211. The highest BCUT2D eigenvalue weighted by molar-refractivity contribution is 7.22. The first-order valence-corrected chi connectivity index (χ1v) is 8.91. The van der Waals surface area contributed by atoms with Gasteiger partial charge >= 0.3 is 0 Å². The lowest BCUT2D eigenvalue weighted by Gasteiger charge is -2.10. The molecule has 0 aliphatic carbocycles. The van der Waals surface area contributed by atoms with E-state index in [4.69, 9.17) is 4.74 Å². The monoisotopic (exact) mass is 369 g/mol. The summed E-state index contributed by atoms with van der Waals surface area (Å²) in [5.74, 6) is 0.294. The number of thiazole rings is 1. The van der Waals surface area contributed by atoms with Gasteiger partial charge in [0.2, 0.25) is 5.91 Å². The molecule has 0 saturated heterocycles. The zero-order chi connectivity index (χ0) is 18.7. The summed E-state index contributed by atoms with van der Waals surface area (Å²) >= 11 is 1.34. The van der Waals surface area contributed by atoms with Gasteiger partial charge in [0.15, 0.2) is 11.7 Å². The Labute approximate surface area is 155 Å². The molecule has 7 heteroatoms. The third-order valence-corrected chi connectivity index (χ3v) is 4.80. The molecule has 0 atom stereocenters. The Bertz CT molecular complexity index is 981. The van der Waals surface area contributed by atoms with Gasteiger partial charge in [0.25, 0.3) is 5.91 Å². The molecule has 0 radical (unpaired) electrons. The molecule has 6 nitrogen and oxygen atoms in total. The first-order chi connectivity index (χ1) is 12.4. The van der Waals surface area contributed by atoms with Gasteiger partial charge < -0.3 is 10.1 Å². The standard InChI is InChI=1S/C19H19N3O3S/c1-11-5-4-6-16(12(11)2)25-10-18(24)22-19-21-15-8-7-14(20-13(3)23)9-17(15)26-19/h4-9H,10H2,1-3H3,(H,20,23)(H,21,22,24). The van der Waals surface area contributed by atoms with Crippen molar-refractivity contribution in [2.45, 2.75) is 20.8 Å². The van der Waals surface area contributed by atoms with E-state index < -0.39 is 0 Å². The number of anilines is 2. The third-order valence-electron chi connectivity index (χ3n) is 3.87. The Morgan fingerprint density at radius 2 is 1.96 bits per heavy atom. The zero-order valence-corrected chi connectivity index (χ0v) is 15.6. The van der Waals surface area contributed by atoms with Crippen LogP contribution < -0.4 is 15.4 Å². The number of carbonyl (C=O) groups excluding carboxylic acids is 2. The number of aryl methyl sites for hydroxylation is 1.